The van der Waals surface area contributed by atoms with Gasteiger partial charge in [-0.15, -0.1) is 0 Å². The van der Waals surface area contributed by atoms with E-state index in [4.69, 9.17) is 10.9 Å². The Bertz CT molecular complexity index is 300. The van der Waals surface area contributed by atoms with Crippen LogP contribution in [-0.4, -0.2) is 34.6 Å². The Morgan fingerprint density at radius 3 is 2.42 bits per heavy atom. The quantitative estimate of drug-likeness (QED) is 0.348. The molecule has 3 N–H and O–H groups in total. The SMILES string of the molecule is CCC1CCCCC1N(CC(N)=NO)C1CCCC1. The smallest absolute Gasteiger partial charge is 0.153 e. The lowest BCUT2D eigenvalue weighted by Crippen LogP contribution is -2.50. The van der Waals surface area contributed by atoms with Crippen LogP contribution in [0.15, 0.2) is 5.16 Å². The molecule has 4 heteroatoms. The second-order valence-corrected chi connectivity index (χ2v) is 6.22. The van der Waals surface area contributed by atoms with Crippen LogP contribution in [0, 0.1) is 5.92 Å². The summed E-state index contributed by atoms with van der Waals surface area (Å²) in [6, 6.07) is 1.29. The van der Waals surface area contributed by atoms with Crippen LogP contribution < -0.4 is 5.73 Å². The molecule has 2 atom stereocenters. The first-order chi connectivity index (χ1) is 9.26. The van der Waals surface area contributed by atoms with E-state index in [1.807, 2.05) is 0 Å². The van der Waals surface area contributed by atoms with Crippen molar-refractivity contribution in [3.63, 3.8) is 0 Å². The van der Waals surface area contributed by atoms with Gasteiger partial charge in [0.2, 0.25) is 0 Å². The topological polar surface area (TPSA) is 61.8 Å². The Hall–Kier alpha value is -0.770. The standard InChI is InChI=1S/C15H29N3O/c1-2-12-7-3-6-10-14(12)18(11-15(16)17-19)13-8-4-5-9-13/h12-14,19H,2-11H2,1H3,(H2,16,17). The summed E-state index contributed by atoms with van der Waals surface area (Å²) >= 11 is 0. The summed E-state index contributed by atoms with van der Waals surface area (Å²) in [5, 5.41) is 12.1. The van der Waals surface area contributed by atoms with E-state index in [1.54, 1.807) is 0 Å². The predicted molar refractivity (Wildman–Crippen MR) is 78.4 cm³/mol. The molecule has 110 valence electrons. The van der Waals surface area contributed by atoms with Gasteiger partial charge in [0.15, 0.2) is 5.84 Å². The van der Waals surface area contributed by atoms with E-state index in [0.717, 1.165) is 5.92 Å². The molecule has 0 heterocycles. The number of nitrogens with two attached hydrogens (primary N) is 1. The van der Waals surface area contributed by atoms with E-state index in [-0.39, 0.29) is 0 Å². The average Bonchev–Trinajstić information content (AvgIpc) is 2.98. The van der Waals surface area contributed by atoms with Crippen molar-refractivity contribution in [2.24, 2.45) is 16.8 Å². The molecule has 0 radical (unpaired) electrons. The van der Waals surface area contributed by atoms with Crippen LogP contribution >= 0.6 is 0 Å². The normalized spacial score (nSPS) is 30.1. The second-order valence-electron chi connectivity index (χ2n) is 6.22. The zero-order valence-corrected chi connectivity index (χ0v) is 12.2. The molecule has 2 unspecified atom stereocenters. The molecule has 0 spiro atoms. The number of nitrogens with zero attached hydrogens (tertiary/aromatic N) is 2. The lowest BCUT2D eigenvalue weighted by molar-refractivity contribution is 0.0768. The highest BCUT2D eigenvalue weighted by atomic mass is 16.4. The molecule has 2 rings (SSSR count). The first kappa shape index (κ1) is 14.6. The van der Waals surface area contributed by atoms with Gasteiger partial charge in [0.25, 0.3) is 0 Å². The summed E-state index contributed by atoms with van der Waals surface area (Å²) in [6.07, 6.45) is 11.8. The zero-order chi connectivity index (χ0) is 13.7. The molecule has 19 heavy (non-hydrogen) atoms. The van der Waals surface area contributed by atoms with Crippen molar-refractivity contribution < 1.29 is 5.21 Å². The number of rotatable bonds is 5. The van der Waals surface area contributed by atoms with Crippen LogP contribution in [0.25, 0.3) is 0 Å². The van der Waals surface area contributed by atoms with Crippen molar-refractivity contribution in [2.45, 2.75) is 76.8 Å². The molecule has 0 aromatic rings. The number of hydrogen-bond acceptors (Lipinski definition) is 3. The van der Waals surface area contributed by atoms with Crippen molar-refractivity contribution in [1.29, 1.82) is 0 Å². The van der Waals surface area contributed by atoms with E-state index < -0.39 is 0 Å². The molecule has 2 fully saturated rings. The van der Waals surface area contributed by atoms with Crippen molar-refractivity contribution >= 4 is 5.84 Å². The lowest BCUT2D eigenvalue weighted by Gasteiger charge is -2.42. The molecule has 0 aliphatic heterocycles. The molecule has 0 amide bonds. The third kappa shape index (κ3) is 3.62. The van der Waals surface area contributed by atoms with Crippen LogP contribution in [0.5, 0.6) is 0 Å². The van der Waals surface area contributed by atoms with E-state index in [2.05, 4.69) is 17.0 Å². The summed E-state index contributed by atoms with van der Waals surface area (Å²) in [6.45, 7) is 2.95. The van der Waals surface area contributed by atoms with Crippen molar-refractivity contribution in [2.75, 3.05) is 6.54 Å². The average molecular weight is 267 g/mol. The number of hydrogen-bond donors (Lipinski definition) is 2. The fourth-order valence-electron chi connectivity index (χ4n) is 4.07. The lowest BCUT2D eigenvalue weighted by atomic mass is 9.81. The minimum absolute atomic E-state index is 0.368. The maximum atomic E-state index is 8.88. The third-order valence-corrected chi connectivity index (χ3v) is 5.09. The van der Waals surface area contributed by atoms with Gasteiger partial charge in [-0.05, 0) is 31.6 Å². The highest BCUT2D eigenvalue weighted by molar-refractivity contribution is 5.81. The fraction of sp³-hybridized carbons (Fsp3) is 0.933. The number of oxime groups is 1. The summed E-state index contributed by atoms with van der Waals surface area (Å²) in [4.78, 5) is 2.56. The predicted octanol–water partition coefficient (Wildman–Crippen LogP) is 2.95. The highest BCUT2D eigenvalue weighted by Crippen LogP contribution is 2.35. The largest absolute Gasteiger partial charge is 0.409 e. The van der Waals surface area contributed by atoms with Gasteiger partial charge in [-0.2, -0.15) is 0 Å². The number of amidine groups is 1. The van der Waals surface area contributed by atoms with Crippen LogP contribution in [0.2, 0.25) is 0 Å². The minimum atomic E-state index is 0.368. The fourth-order valence-corrected chi connectivity index (χ4v) is 4.07. The van der Waals surface area contributed by atoms with Crippen LogP contribution in [0.3, 0.4) is 0 Å². The molecule has 0 bridgehead atoms. The highest BCUT2D eigenvalue weighted by Gasteiger charge is 2.34. The van der Waals surface area contributed by atoms with Crippen molar-refractivity contribution in [3.8, 4) is 0 Å². The van der Waals surface area contributed by atoms with Gasteiger partial charge in [-0.25, -0.2) is 0 Å². The third-order valence-electron chi connectivity index (χ3n) is 5.09. The Labute approximate surface area is 117 Å². The molecule has 0 aromatic carbocycles. The Morgan fingerprint density at radius 2 is 1.79 bits per heavy atom. The Balaban J connectivity index is 2.09. The maximum absolute atomic E-state index is 8.88. The van der Waals surface area contributed by atoms with Gasteiger partial charge in [0.1, 0.15) is 0 Å². The molecule has 2 aliphatic carbocycles. The van der Waals surface area contributed by atoms with Crippen LogP contribution in [0.1, 0.15) is 64.7 Å². The summed E-state index contributed by atoms with van der Waals surface area (Å²) in [7, 11) is 0. The van der Waals surface area contributed by atoms with Crippen molar-refractivity contribution in [1.82, 2.24) is 4.90 Å². The zero-order valence-electron chi connectivity index (χ0n) is 12.2. The molecule has 0 aromatic heterocycles. The Morgan fingerprint density at radius 1 is 1.16 bits per heavy atom. The van der Waals surface area contributed by atoms with E-state index in [9.17, 15) is 0 Å². The van der Waals surface area contributed by atoms with Gasteiger partial charge < -0.3 is 10.9 Å². The van der Waals surface area contributed by atoms with Crippen LogP contribution in [0.4, 0.5) is 0 Å². The van der Waals surface area contributed by atoms with Gasteiger partial charge in [0, 0.05) is 12.1 Å². The summed E-state index contributed by atoms with van der Waals surface area (Å²) in [5.74, 6) is 1.16. The summed E-state index contributed by atoms with van der Waals surface area (Å²) in [5.41, 5.74) is 5.79. The Kier molecular flexibility index (Phi) is 5.49. The van der Waals surface area contributed by atoms with Crippen LogP contribution in [-0.2, 0) is 0 Å². The molecule has 2 aliphatic rings. The molecular formula is C15H29N3O. The van der Waals surface area contributed by atoms with E-state index in [0.29, 0.717) is 24.5 Å². The van der Waals surface area contributed by atoms with E-state index in [1.165, 1.54) is 57.8 Å². The first-order valence-electron chi connectivity index (χ1n) is 7.98. The first-order valence-corrected chi connectivity index (χ1v) is 7.98. The molecule has 4 nitrogen and oxygen atoms in total. The molecule has 2 saturated carbocycles. The summed E-state index contributed by atoms with van der Waals surface area (Å²) < 4.78 is 0. The monoisotopic (exact) mass is 267 g/mol. The van der Waals surface area contributed by atoms with Gasteiger partial charge >= 0.3 is 0 Å². The minimum Gasteiger partial charge on any atom is -0.409 e. The maximum Gasteiger partial charge on any atom is 0.153 e. The van der Waals surface area contributed by atoms with Crippen molar-refractivity contribution in [3.05, 3.63) is 0 Å². The van der Waals surface area contributed by atoms with Gasteiger partial charge in [0.05, 0.1) is 6.54 Å². The van der Waals surface area contributed by atoms with E-state index >= 15 is 0 Å². The molecule has 0 saturated heterocycles. The second kappa shape index (κ2) is 7.13. The van der Waals surface area contributed by atoms with Gasteiger partial charge in [-0.1, -0.05) is 44.2 Å². The van der Waals surface area contributed by atoms with Gasteiger partial charge in [-0.3, -0.25) is 4.90 Å². The molecular weight excluding hydrogens is 238 g/mol.